The fourth-order valence-corrected chi connectivity index (χ4v) is 5.66. The molecule has 8 heteroatoms. The molecule has 1 aliphatic carbocycles. The molecular weight excluding hydrogens is 400 g/mol. The Morgan fingerprint density at radius 3 is 2.70 bits per heavy atom. The number of nitrogens with zero attached hydrogens (tertiary/aromatic N) is 3. The zero-order valence-electron chi connectivity index (χ0n) is 16.4. The first-order valence-corrected chi connectivity index (χ1v) is 11.2. The van der Waals surface area contributed by atoms with Crippen LogP contribution >= 0.6 is 0 Å². The molecule has 0 fully saturated rings. The van der Waals surface area contributed by atoms with Crippen LogP contribution in [0, 0.1) is 0 Å². The van der Waals surface area contributed by atoms with Gasteiger partial charge in [-0.25, -0.2) is 14.1 Å². The van der Waals surface area contributed by atoms with Crippen LogP contribution in [0.5, 0.6) is 0 Å². The van der Waals surface area contributed by atoms with Crippen LogP contribution in [0.2, 0.25) is 0 Å². The van der Waals surface area contributed by atoms with E-state index < -0.39 is 10.0 Å². The Hall–Kier alpha value is -3.39. The van der Waals surface area contributed by atoms with Crippen molar-refractivity contribution in [3.05, 3.63) is 82.7 Å². The number of benzene rings is 2. The van der Waals surface area contributed by atoms with Gasteiger partial charge < -0.3 is 4.98 Å². The highest BCUT2D eigenvalue weighted by molar-refractivity contribution is 7.92. The third-order valence-corrected chi connectivity index (χ3v) is 7.26. The molecule has 1 N–H and O–H groups in total. The number of rotatable bonds is 5. The number of aromatic amines is 1. The molecule has 0 atom stereocenters. The predicted molar refractivity (Wildman–Crippen MR) is 116 cm³/mol. The van der Waals surface area contributed by atoms with Crippen LogP contribution in [0.4, 0.5) is 0 Å². The third kappa shape index (κ3) is 2.75. The smallest absolute Gasteiger partial charge is 0.277 e. The van der Waals surface area contributed by atoms with Crippen molar-refractivity contribution in [1.82, 2.24) is 14.6 Å². The average molecular weight is 420 g/mol. The number of hydrogen-bond donors (Lipinski definition) is 1. The number of H-pyrrole nitrogens is 1. The molecule has 0 unspecified atom stereocenters. The minimum absolute atomic E-state index is 0.136. The van der Waals surface area contributed by atoms with Gasteiger partial charge in [0.25, 0.3) is 15.6 Å². The van der Waals surface area contributed by atoms with Gasteiger partial charge >= 0.3 is 0 Å². The largest absolute Gasteiger partial charge is 0.321 e. The fraction of sp³-hybridized carbons (Fsp3) is 0.182. The van der Waals surface area contributed by atoms with Gasteiger partial charge in [0.1, 0.15) is 6.33 Å². The second-order valence-corrected chi connectivity index (χ2v) is 9.19. The Kier molecular flexibility index (Phi) is 4.25. The van der Waals surface area contributed by atoms with Crippen LogP contribution in [0.15, 0.2) is 70.9 Å². The molecule has 4 aromatic rings. The van der Waals surface area contributed by atoms with Crippen LogP contribution in [0.1, 0.15) is 24.5 Å². The van der Waals surface area contributed by atoms with E-state index in [1.165, 1.54) is 15.4 Å². The average Bonchev–Trinajstić information content (AvgIpc) is 3.40. The van der Waals surface area contributed by atoms with Gasteiger partial charge in [-0.15, -0.1) is 0 Å². The molecular formula is C22H20N4O3S. The molecule has 30 heavy (non-hydrogen) atoms. The Morgan fingerprint density at radius 2 is 1.97 bits per heavy atom. The molecule has 2 heterocycles. The van der Waals surface area contributed by atoms with Gasteiger partial charge in [0.2, 0.25) is 0 Å². The molecule has 0 bridgehead atoms. The molecule has 0 saturated carbocycles. The van der Waals surface area contributed by atoms with E-state index in [2.05, 4.69) is 9.97 Å². The highest BCUT2D eigenvalue weighted by atomic mass is 32.2. The summed E-state index contributed by atoms with van der Waals surface area (Å²) in [5, 5.41) is 1.55. The van der Waals surface area contributed by atoms with Crippen molar-refractivity contribution in [3.63, 3.8) is 0 Å². The highest BCUT2D eigenvalue weighted by Gasteiger charge is 2.28. The molecule has 0 spiro atoms. The van der Waals surface area contributed by atoms with E-state index in [0.717, 1.165) is 27.8 Å². The van der Waals surface area contributed by atoms with Gasteiger partial charge in [0.15, 0.2) is 0 Å². The van der Waals surface area contributed by atoms with Crippen LogP contribution in [0.3, 0.4) is 0 Å². The summed E-state index contributed by atoms with van der Waals surface area (Å²) in [6.45, 7) is 2.27. The van der Waals surface area contributed by atoms with E-state index >= 15 is 0 Å². The zero-order chi connectivity index (χ0) is 20.9. The van der Waals surface area contributed by atoms with Crippen LogP contribution in [-0.4, -0.2) is 29.6 Å². The van der Waals surface area contributed by atoms with Crippen molar-refractivity contribution in [1.29, 1.82) is 0 Å². The van der Waals surface area contributed by atoms with E-state index in [-0.39, 0.29) is 10.5 Å². The summed E-state index contributed by atoms with van der Waals surface area (Å²) < 4.78 is 29.6. The van der Waals surface area contributed by atoms with Gasteiger partial charge in [0, 0.05) is 29.8 Å². The van der Waals surface area contributed by atoms with Gasteiger partial charge in [-0.1, -0.05) is 31.2 Å². The minimum atomic E-state index is -3.76. The predicted octanol–water partition coefficient (Wildman–Crippen LogP) is 3.03. The van der Waals surface area contributed by atoms with Crippen molar-refractivity contribution in [2.45, 2.75) is 24.7 Å². The molecule has 1 aliphatic rings. The monoisotopic (exact) mass is 420 g/mol. The Bertz CT molecular complexity index is 1420. The molecule has 2 aromatic carbocycles. The van der Waals surface area contributed by atoms with Gasteiger partial charge in [-0.05, 0) is 41.1 Å². The molecule has 0 amide bonds. The zero-order valence-corrected chi connectivity index (χ0v) is 17.2. The summed E-state index contributed by atoms with van der Waals surface area (Å²) in [6.07, 6.45) is 5.89. The molecule has 5 rings (SSSR count). The summed E-state index contributed by atoms with van der Waals surface area (Å²) in [7, 11) is -3.76. The lowest BCUT2D eigenvalue weighted by Gasteiger charge is -2.24. The van der Waals surface area contributed by atoms with Crippen molar-refractivity contribution in [3.8, 4) is 11.3 Å². The topological polar surface area (TPSA) is 88.1 Å². The molecule has 7 nitrogen and oxygen atoms in total. The molecule has 0 radical (unpaired) electrons. The second kappa shape index (κ2) is 6.84. The lowest BCUT2D eigenvalue weighted by atomic mass is 10.0. The first-order chi connectivity index (χ1) is 14.5. The number of fused-ring (bicyclic) bond motifs is 5. The van der Waals surface area contributed by atoms with Crippen molar-refractivity contribution in [2.24, 2.45) is 0 Å². The normalized spacial score (nSPS) is 12.7. The van der Waals surface area contributed by atoms with Gasteiger partial charge in [0.05, 0.1) is 17.1 Å². The fourth-order valence-electron chi connectivity index (χ4n) is 4.12. The lowest BCUT2D eigenvalue weighted by Crippen LogP contribution is -2.40. The van der Waals surface area contributed by atoms with Crippen LogP contribution < -0.4 is 9.97 Å². The summed E-state index contributed by atoms with van der Waals surface area (Å²) in [6, 6.07) is 12.6. The Morgan fingerprint density at radius 1 is 1.17 bits per heavy atom. The standard InChI is InChI=1S/C22H20N4O3S/c1-2-10-26(25-11-9-23-14-25)30(28,29)16-7-8-17-15(12-16)13-20-18-5-3-4-6-19(18)22(27)24-21(17)20/h3-9,11-12,14H,2,10,13H2,1H3,(H,24,27). The van der Waals surface area contributed by atoms with E-state index in [4.69, 9.17) is 0 Å². The van der Waals surface area contributed by atoms with Gasteiger partial charge in [-0.2, -0.15) is 8.42 Å². The summed E-state index contributed by atoms with van der Waals surface area (Å²) >= 11 is 0. The molecule has 2 aromatic heterocycles. The van der Waals surface area contributed by atoms with Crippen molar-refractivity contribution < 1.29 is 8.42 Å². The SMILES string of the molecule is CCCN(n1ccnc1)S(=O)(=O)c1ccc2c(c1)Cc1c-2[nH]c(=O)c2ccccc12. The summed E-state index contributed by atoms with van der Waals surface area (Å²) in [5.41, 5.74) is 3.42. The Labute approximate surface area is 173 Å². The number of sulfonamides is 1. The first-order valence-electron chi connectivity index (χ1n) is 9.79. The minimum Gasteiger partial charge on any atom is -0.321 e. The maximum Gasteiger partial charge on any atom is 0.277 e. The van der Waals surface area contributed by atoms with Crippen molar-refractivity contribution >= 4 is 20.8 Å². The highest BCUT2D eigenvalue weighted by Crippen LogP contribution is 2.38. The van der Waals surface area contributed by atoms with Crippen molar-refractivity contribution in [2.75, 3.05) is 11.0 Å². The van der Waals surface area contributed by atoms with E-state index in [9.17, 15) is 13.2 Å². The quantitative estimate of drug-likeness (QED) is 0.473. The molecule has 0 saturated heterocycles. The van der Waals surface area contributed by atoms with E-state index in [1.807, 2.05) is 25.1 Å². The first kappa shape index (κ1) is 18.6. The number of nitrogens with one attached hydrogen (secondary N) is 1. The molecule has 152 valence electrons. The number of pyridine rings is 1. The van der Waals surface area contributed by atoms with Crippen LogP contribution in [-0.2, 0) is 16.4 Å². The molecule has 0 aliphatic heterocycles. The number of imidazole rings is 1. The number of aromatic nitrogens is 3. The second-order valence-electron chi connectivity index (χ2n) is 7.34. The maximum atomic E-state index is 13.4. The Balaban J connectivity index is 1.62. The van der Waals surface area contributed by atoms with E-state index in [1.54, 1.807) is 36.7 Å². The summed E-state index contributed by atoms with van der Waals surface area (Å²) in [5.74, 6) is 0. The van der Waals surface area contributed by atoms with E-state index in [0.29, 0.717) is 24.8 Å². The lowest BCUT2D eigenvalue weighted by molar-refractivity contribution is 0.566. The maximum absolute atomic E-state index is 13.4. The number of hydrogen-bond acceptors (Lipinski definition) is 4. The third-order valence-electron chi connectivity index (χ3n) is 5.49. The van der Waals surface area contributed by atoms with Gasteiger partial charge in [-0.3, -0.25) is 4.79 Å². The van der Waals surface area contributed by atoms with Crippen LogP contribution in [0.25, 0.3) is 22.0 Å². The summed E-state index contributed by atoms with van der Waals surface area (Å²) in [4.78, 5) is 19.7.